The second-order valence-corrected chi connectivity index (χ2v) is 6.40. The van der Waals surface area contributed by atoms with E-state index in [1.54, 1.807) is 0 Å². The van der Waals surface area contributed by atoms with E-state index < -0.39 is 17.5 Å². The number of carbonyl (C=O) groups excluding carboxylic acids is 2. The van der Waals surface area contributed by atoms with E-state index in [0.29, 0.717) is 31.5 Å². The van der Waals surface area contributed by atoms with Crippen molar-refractivity contribution in [2.75, 3.05) is 19.6 Å². The maximum Gasteiger partial charge on any atom is 0.256 e. The van der Waals surface area contributed by atoms with Crippen LogP contribution in [0.1, 0.15) is 36.0 Å². The Morgan fingerprint density at radius 2 is 2.00 bits per heavy atom. The van der Waals surface area contributed by atoms with Gasteiger partial charge in [-0.25, -0.2) is 8.78 Å². The molecule has 0 spiro atoms. The average molecular weight is 322 g/mol. The largest absolute Gasteiger partial charge is 0.356 e. The maximum absolute atomic E-state index is 13.8. The Labute approximate surface area is 133 Å². The molecule has 1 aromatic carbocycles. The van der Waals surface area contributed by atoms with Crippen LogP contribution in [0.25, 0.3) is 0 Å². The topological polar surface area (TPSA) is 49.4 Å². The predicted octanol–water partition coefficient (Wildman–Crippen LogP) is 2.34. The Bertz CT molecular complexity index is 617. The van der Waals surface area contributed by atoms with Gasteiger partial charge in [0.15, 0.2) is 0 Å². The van der Waals surface area contributed by atoms with E-state index in [1.807, 2.05) is 0 Å². The lowest BCUT2D eigenvalue weighted by atomic mass is 9.96. The van der Waals surface area contributed by atoms with Gasteiger partial charge in [0.2, 0.25) is 5.91 Å². The van der Waals surface area contributed by atoms with Crippen LogP contribution in [0.5, 0.6) is 0 Å². The van der Waals surface area contributed by atoms with Gasteiger partial charge in [-0.1, -0.05) is 0 Å². The molecule has 1 atom stereocenters. The molecule has 0 bridgehead atoms. The molecule has 2 aliphatic rings. The van der Waals surface area contributed by atoms with E-state index in [-0.39, 0.29) is 23.9 Å². The van der Waals surface area contributed by atoms with Crippen molar-refractivity contribution in [3.05, 3.63) is 35.4 Å². The highest BCUT2D eigenvalue weighted by Gasteiger charge is 2.31. The van der Waals surface area contributed by atoms with E-state index in [2.05, 4.69) is 5.32 Å². The van der Waals surface area contributed by atoms with Crippen LogP contribution in [0.4, 0.5) is 8.78 Å². The lowest BCUT2D eigenvalue weighted by molar-refractivity contribution is -0.126. The fourth-order valence-corrected chi connectivity index (χ4v) is 2.92. The van der Waals surface area contributed by atoms with Gasteiger partial charge < -0.3 is 10.2 Å². The molecule has 0 radical (unpaired) electrons. The first-order chi connectivity index (χ1) is 11.0. The van der Waals surface area contributed by atoms with Crippen molar-refractivity contribution in [3.63, 3.8) is 0 Å². The molecule has 0 aromatic heterocycles. The summed E-state index contributed by atoms with van der Waals surface area (Å²) >= 11 is 0. The van der Waals surface area contributed by atoms with Crippen LogP contribution >= 0.6 is 0 Å². The molecule has 1 aliphatic heterocycles. The van der Waals surface area contributed by atoms with Gasteiger partial charge in [0.25, 0.3) is 5.91 Å². The highest BCUT2D eigenvalue weighted by Crippen LogP contribution is 2.28. The van der Waals surface area contributed by atoms with Crippen molar-refractivity contribution in [2.24, 2.45) is 11.8 Å². The maximum atomic E-state index is 13.8. The standard InChI is InChI=1S/C17H20F2N2O2/c18-13-5-6-14(15(19)8-13)17(23)21-7-1-2-12(10-21)16(22)20-9-11-3-4-11/h5-6,8,11-12H,1-4,7,9-10H2,(H,20,22)/t12-/m0/s1. The van der Waals surface area contributed by atoms with Gasteiger partial charge >= 0.3 is 0 Å². The molecule has 2 amide bonds. The Balaban J connectivity index is 1.62. The quantitative estimate of drug-likeness (QED) is 0.925. The number of piperidine rings is 1. The molecule has 4 nitrogen and oxygen atoms in total. The van der Waals surface area contributed by atoms with Gasteiger partial charge in [-0.2, -0.15) is 0 Å². The summed E-state index contributed by atoms with van der Waals surface area (Å²) in [6, 6.07) is 2.93. The smallest absolute Gasteiger partial charge is 0.256 e. The number of amides is 2. The molecule has 3 rings (SSSR count). The highest BCUT2D eigenvalue weighted by atomic mass is 19.1. The SMILES string of the molecule is O=C(NCC1CC1)[C@H]1CCCN(C(=O)c2ccc(F)cc2F)C1. The second-order valence-electron chi connectivity index (χ2n) is 6.40. The zero-order valence-electron chi connectivity index (χ0n) is 12.9. The van der Waals surface area contributed by atoms with Crippen LogP contribution in [-0.2, 0) is 4.79 Å². The molecular formula is C17H20F2N2O2. The summed E-state index contributed by atoms with van der Waals surface area (Å²) in [6.45, 7) is 1.48. The van der Waals surface area contributed by atoms with Gasteiger partial charge in [-0.05, 0) is 43.7 Å². The first kappa shape index (κ1) is 15.9. The molecule has 6 heteroatoms. The minimum atomic E-state index is -0.865. The molecule has 1 N–H and O–H groups in total. The molecule has 124 valence electrons. The predicted molar refractivity (Wildman–Crippen MR) is 80.7 cm³/mol. The number of rotatable bonds is 4. The molecule has 23 heavy (non-hydrogen) atoms. The molecular weight excluding hydrogens is 302 g/mol. The molecule has 1 saturated heterocycles. The highest BCUT2D eigenvalue weighted by molar-refractivity contribution is 5.95. The van der Waals surface area contributed by atoms with Crippen LogP contribution in [0.15, 0.2) is 18.2 Å². The van der Waals surface area contributed by atoms with Gasteiger partial charge in [-0.3, -0.25) is 9.59 Å². The van der Waals surface area contributed by atoms with Crippen LogP contribution in [0, 0.1) is 23.5 Å². The Hall–Kier alpha value is -1.98. The average Bonchev–Trinajstić information content (AvgIpc) is 3.36. The Morgan fingerprint density at radius 3 is 2.70 bits per heavy atom. The molecule has 2 fully saturated rings. The van der Waals surface area contributed by atoms with Crippen molar-refractivity contribution in [3.8, 4) is 0 Å². The fraction of sp³-hybridized carbons (Fsp3) is 0.529. The van der Waals surface area contributed by atoms with Crippen molar-refractivity contribution in [1.82, 2.24) is 10.2 Å². The van der Waals surface area contributed by atoms with Crippen molar-refractivity contribution >= 4 is 11.8 Å². The number of halogens is 2. The summed E-state index contributed by atoms with van der Waals surface area (Å²) < 4.78 is 26.7. The fourth-order valence-electron chi connectivity index (χ4n) is 2.92. The number of hydrogen-bond donors (Lipinski definition) is 1. The minimum absolute atomic E-state index is 0.0334. The third-order valence-corrected chi connectivity index (χ3v) is 4.50. The lowest BCUT2D eigenvalue weighted by Crippen LogP contribution is -2.46. The Kier molecular flexibility index (Phi) is 4.59. The van der Waals surface area contributed by atoms with E-state index in [1.165, 1.54) is 17.7 Å². The minimum Gasteiger partial charge on any atom is -0.356 e. The zero-order valence-corrected chi connectivity index (χ0v) is 12.9. The van der Waals surface area contributed by atoms with E-state index in [0.717, 1.165) is 18.6 Å². The zero-order chi connectivity index (χ0) is 16.4. The number of carbonyl (C=O) groups is 2. The van der Waals surface area contributed by atoms with Crippen molar-refractivity contribution < 1.29 is 18.4 Å². The third-order valence-electron chi connectivity index (χ3n) is 4.50. The number of likely N-dealkylation sites (tertiary alicyclic amines) is 1. The van der Waals surface area contributed by atoms with Gasteiger partial charge in [0.05, 0.1) is 11.5 Å². The van der Waals surface area contributed by atoms with Crippen molar-refractivity contribution in [1.29, 1.82) is 0 Å². The summed E-state index contributed by atoms with van der Waals surface area (Å²) in [5.41, 5.74) is -0.148. The molecule has 1 saturated carbocycles. The summed E-state index contributed by atoms with van der Waals surface area (Å²) in [5, 5.41) is 2.93. The van der Waals surface area contributed by atoms with Gasteiger partial charge in [0.1, 0.15) is 11.6 Å². The van der Waals surface area contributed by atoms with Crippen LogP contribution in [-0.4, -0.2) is 36.3 Å². The second kappa shape index (κ2) is 6.64. The van der Waals surface area contributed by atoms with E-state index in [4.69, 9.17) is 0 Å². The third kappa shape index (κ3) is 3.86. The normalized spacial score (nSPS) is 21.1. The molecule has 1 aromatic rings. The monoisotopic (exact) mass is 322 g/mol. The Morgan fingerprint density at radius 1 is 1.22 bits per heavy atom. The van der Waals surface area contributed by atoms with Gasteiger partial charge in [-0.15, -0.1) is 0 Å². The van der Waals surface area contributed by atoms with Crippen LogP contribution in [0.3, 0.4) is 0 Å². The number of nitrogens with zero attached hydrogens (tertiary/aromatic N) is 1. The number of nitrogens with one attached hydrogen (secondary N) is 1. The first-order valence-electron chi connectivity index (χ1n) is 8.06. The number of benzene rings is 1. The summed E-state index contributed by atoms with van der Waals surface area (Å²) in [7, 11) is 0. The van der Waals surface area contributed by atoms with Gasteiger partial charge in [0, 0.05) is 25.7 Å². The lowest BCUT2D eigenvalue weighted by Gasteiger charge is -2.32. The van der Waals surface area contributed by atoms with Crippen molar-refractivity contribution in [2.45, 2.75) is 25.7 Å². The summed E-state index contributed by atoms with van der Waals surface area (Å²) in [4.78, 5) is 26.1. The first-order valence-corrected chi connectivity index (χ1v) is 8.06. The van der Waals surface area contributed by atoms with E-state index in [9.17, 15) is 18.4 Å². The summed E-state index contributed by atoms with van der Waals surface area (Å²) in [6.07, 6.45) is 3.76. The van der Waals surface area contributed by atoms with E-state index >= 15 is 0 Å². The number of hydrogen-bond acceptors (Lipinski definition) is 2. The van der Waals surface area contributed by atoms with Crippen LogP contribution in [0.2, 0.25) is 0 Å². The van der Waals surface area contributed by atoms with Crippen LogP contribution < -0.4 is 5.32 Å². The molecule has 0 unspecified atom stereocenters. The summed E-state index contributed by atoms with van der Waals surface area (Å²) in [5.74, 6) is -1.75. The molecule has 1 heterocycles. The molecule has 1 aliphatic carbocycles.